The molecule has 2 amide bonds. The van der Waals surface area contributed by atoms with Gasteiger partial charge < -0.3 is 15.1 Å². The molecule has 2 aromatic carbocycles. The van der Waals surface area contributed by atoms with E-state index in [9.17, 15) is 4.79 Å². The normalized spacial score (nSPS) is 20.8. The molecule has 2 heterocycles. The number of benzene rings is 2. The number of hydrogen-bond donors (Lipinski definition) is 1. The summed E-state index contributed by atoms with van der Waals surface area (Å²) in [5.41, 5.74) is 2.48. The zero-order chi connectivity index (χ0) is 20.2. The molecule has 0 aliphatic carbocycles. The molecule has 0 aromatic heterocycles. The van der Waals surface area contributed by atoms with Crippen LogP contribution < -0.4 is 5.32 Å². The van der Waals surface area contributed by atoms with Crippen LogP contribution in [0.5, 0.6) is 0 Å². The molecule has 1 N–H and O–H groups in total. The first-order valence-electron chi connectivity index (χ1n) is 10.3. The largest absolute Gasteiger partial charge is 0.332 e. The molecular weight excluding hydrogens is 450 g/mol. The molecule has 1 atom stereocenters. The Balaban J connectivity index is 1.24. The van der Waals surface area contributed by atoms with Gasteiger partial charge in [0, 0.05) is 29.1 Å². The number of carbonyl (C=O) groups is 1. The number of piperidine rings is 1. The molecule has 2 fully saturated rings. The summed E-state index contributed by atoms with van der Waals surface area (Å²) in [7, 11) is 0. The predicted octanol–water partition coefficient (Wildman–Crippen LogP) is 4.95. The van der Waals surface area contributed by atoms with Gasteiger partial charge in [0.15, 0.2) is 0 Å². The van der Waals surface area contributed by atoms with Crippen LogP contribution in [0.2, 0.25) is 5.02 Å². The average Bonchev–Trinajstić information content (AvgIpc) is 3.06. The molecule has 6 heteroatoms. The highest BCUT2D eigenvalue weighted by atomic mass is 79.9. The Morgan fingerprint density at radius 3 is 2.62 bits per heavy atom. The lowest BCUT2D eigenvalue weighted by molar-refractivity contribution is 0.171. The molecular formula is C23H27BrClN3O. The molecule has 0 saturated carbocycles. The molecule has 2 aliphatic heterocycles. The Labute approximate surface area is 186 Å². The van der Waals surface area contributed by atoms with Crippen LogP contribution in [0.25, 0.3) is 0 Å². The fraction of sp³-hybridized carbons (Fsp3) is 0.435. The minimum absolute atomic E-state index is 0.0551. The zero-order valence-corrected chi connectivity index (χ0v) is 18.8. The third-order valence-electron chi connectivity index (χ3n) is 5.97. The lowest BCUT2D eigenvalue weighted by Crippen LogP contribution is -2.43. The highest BCUT2D eigenvalue weighted by molar-refractivity contribution is 9.10. The summed E-state index contributed by atoms with van der Waals surface area (Å²) in [5, 5.41) is 3.96. The summed E-state index contributed by atoms with van der Waals surface area (Å²) in [4.78, 5) is 16.7. The third-order valence-corrected chi connectivity index (χ3v) is 6.98. The summed E-state index contributed by atoms with van der Waals surface area (Å²) in [5.74, 6) is 0.689. The summed E-state index contributed by atoms with van der Waals surface area (Å²) in [6.45, 7) is 4.58. The summed E-state index contributed by atoms with van der Waals surface area (Å²) < 4.78 is 1.15. The van der Waals surface area contributed by atoms with Crippen molar-refractivity contribution < 1.29 is 4.79 Å². The first kappa shape index (κ1) is 20.7. The maximum absolute atomic E-state index is 12.3. The second kappa shape index (κ2) is 9.50. The van der Waals surface area contributed by atoms with E-state index in [2.05, 4.69) is 44.3 Å². The molecule has 4 nitrogen and oxygen atoms in total. The molecule has 2 aliphatic rings. The molecule has 154 valence electrons. The SMILES string of the molecule is O=C1NC(CN2CCC(Cc3cc(Cl)ccc3Br)CC2)CN1Cc1ccccc1. The van der Waals surface area contributed by atoms with Gasteiger partial charge in [-0.15, -0.1) is 0 Å². The van der Waals surface area contributed by atoms with E-state index >= 15 is 0 Å². The van der Waals surface area contributed by atoms with Gasteiger partial charge in [0.25, 0.3) is 0 Å². The first-order chi connectivity index (χ1) is 14.1. The van der Waals surface area contributed by atoms with Crippen molar-refractivity contribution in [2.24, 2.45) is 5.92 Å². The van der Waals surface area contributed by atoms with Crippen molar-refractivity contribution >= 4 is 33.6 Å². The zero-order valence-electron chi connectivity index (χ0n) is 16.5. The second-order valence-electron chi connectivity index (χ2n) is 8.20. The topological polar surface area (TPSA) is 35.6 Å². The molecule has 0 radical (unpaired) electrons. The van der Waals surface area contributed by atoms with Crippen LogP contribution >= 0.6 is 27.5 Å². The van der Waals surface area contributed by atoms with E-state index in [1.807, 2.05) is 35.2 Å². The molecule has 2 saturated heterocycles. The minimum Gasteiger partial charge on any atom is -0.332 e. The molecule has 4 rings (SSSR count). The highest BCUT2D eigenvalue weighted by Gasteiger charge is 2.31. The highest BCUT2D eigenvalue weighted by Crippen LogP contribution is 2.28. The summed E-state index contributed by atoms with van der Waals surface area (Å²) in [6, 6.07) is 16.5. The van der Waals surface area contributed by atoms with Gasteiger partial charge in [-0.2, -0.15) is 0 Å². The van der Waals surface area contributed by atoms with Crippen LogP contribution in [-0.2, 0) is 13.0 Å². The number of urea groups is 1. The Hall–Kier alpha value is -1.56. The lowest BCUT2D eigenvalue weighted by Gasteiger charge is -2.33. The Bertz CT molecular complexity index is 839. The van der Waals surface area contributed by atoms with E-state index < -0.39 is 0 Å². The summed E-state index contributed by atoms with van der Waals surface area (Å²) >= 11 is 9.81. The fourth-order valence-electron chi connectivity index (χ4n) is 4.40. The number of nitrogens with one attached hydrogen (secondary N) is 1. The van der Waals surface area contributed by atoms with Gasteiger partial charge in [0.05, 0.1) is 6.04 Å². The van der Waals surface area contributed by atoms with Crippen molar-refractivity contribution in [3.8, 4) is 0 Å². The average molecular weight is 477 g/mol. The van der Waals surface area contributed by atoms with Crippen LogP contribution in [0, 0.1) is 5.92 Å². The number of hydrogen-bond acceptors (Lipinski definition) is 2. The Morgan fingerprint density at radius 2 is 1.86 bits per heavy atom. The first-order valence-corrected chi connectivity index (χ1v) is 11.5. The minimum atomic E-state index is 0.0551. The molecule has 0 bridgehead atoms. The smallest absolute Gasteiger partial charge is 0.318 e. The van der Waals surface area contributed by atoms with E-state index in [1.54, 1.807) is 0 Å². The van der Waals surface area contributed by atoms with Crippen molar-refractivity contribution in [2.45, 2.75) is 31.8 Å². The maximum Gasteiger partial charge on any atom is 0.318 e. The van der Waals surface area contributed by atoms with Crippen molar-refractivity contribution in [3.63, 3.8) is 0 Å². The monoisotopic (exact) mass is 475 g/mol. The van der Waals surface area contributed by atoms with E-state index in [4.69, 9.17) is 11.6 Å². The van der Waals surface area contributed by atoms with E-state index in [-0.39, 0.29) is 12.1 Å². The fourth-order valence-corrected chi connectivity index (χ4v) is 5.00. The number of likely N-dealkylation sites (tertiary alicyclic amines) is 1. The van der Waals surface area contributed by atoms with Crippen LogP contribution in [0.1, 0.15) is 24.0 Å². The third kappa shape index (κ3) is 5.53. The lowest BCUT2D eigenvalue weighted by atomic mass is 9.90. The van der Waals surface area contributed by atoms with Crippen molar-refractivity contribution in [1.82, 2.24) is 15.1 Å². The van der Waals surface area contributed by atoms with Gasteiger partial charge >= 0.3 is 6.03 Å². The molecule has 0 spiro atoms. The van der Waals surface area contributed by atoms with Crippen molar-refractivity contribution in [1.29, 1.82) is 0 Å². The Kier molecular flexibility index (Phi) is 6.78. The number of amides is 2. The van der Waals surface area contributed by atoms with Gasteiger partial charge in [0.1, 0.15) is 0 Å². The molecule has 1 unspecified atom stereocenters. The number of carbonyl (C=O) groups excluding carboxylic acids is 1. The van der Waals surface area contributed by atoms with Crippen LogP contribution in [-0.4, -0.2) is 48.1 Å². The summed E-state index contributed by atoms with van der Waals surface area (Å²) in [6.07, 6.45) is 3.45. The number of rotatable bonds is 6. The molecule has 2 aromatic rings. The van der Waals surface area contributed by atoms with Gasteiger partial charge in [-0.25, -0.2) is 4.79 Å². The maximum atomic E-state index is 12.3. The number of halogens is 2. The van der Waals surface area contributed by atoms with Crippen molar-refractivity contribution in [3.05, 3.63) is 69.2 Å². The van der Waals surface area contributed by atoms with Crippen LogP contribution in [0.3, 0.4) is 0 Å². The standard InChI is InChI=1S/C23H27BrClN3O/c24-22-7-6-20(25)13-19(22)12-17-8-10-27(11-9-17)15-21-16-28(23(29)26-21)14-18-4-2-1-3-5-18/h1-7,13,17,21H,8-12,14-16H2,(H,26,29). The van der Waals surface area contributed by atoms with E-state index in [0.717, 1.165) is 42.1 Å². The quantitative estimate of drug-likeness (QED) is 0.640. The van der Waals surface area contributed by atoms with Crippen LogP contribution in [0.15, 0.2) is 53.0 Å². The molecule has 29 heavy (non-hydrogen) atoms. The van der Waals surface area contributed by atoms with Crippen molar-refractivity contribution in [2.75, 3.05) is 26.2 Å². The number of nitrogens with zero attached hydrogens (tertiary/aromatic N) is 2. The van der Waals surface area contributed by atoms with Gasteiger partial charge in [-0.3, -0.25) is 0 Å². The van der Waals surface area contributed by atoms with E-state index in [1.165, 1.54) is 24.0 Å². The van der Waals surface area contributed by atoms with Gasteiger partial charge in [-0.05, 0) is 67.6 Å². The van der Waals surface area contributed by atoms with Gasteiger partial charge in [-0.1, -0.05) is 57.9 Å². The van der Waals surface area contributed by atoms with Crippen LogP contribution in [0.4, 0.5) is 4.79 Å². The second-order valence-corrected chi connectivity index (χ2v) is 9.49. The van der Waals surface area contributed by atoms with Gasteiger partial charge in [0.2, 0.25) is 0 Å². The predicted molar refractivity (Wildman–Crippen MR) is 121 cm³/mol. The van der Waals surface area contributed by atoms with E-state index in [0.29, 0.717) is 12.5 Å². The Morgan fingerprint density at radius 1 is 1.10 bits per heavy atom.